The molecule has 3 aromatic rings. The van der Waals surface area contributed by atoms with E-state index in [2.05, 4.69) is 15.3 Å². The summed E-state index contributed by atoms with van der Waals surface area (Å²) in [6.07, 6.45) is 5.60. The molecule has 5 heteroatoms. The van der Waals surface area contributed by atoms with Gasteiger partial charge < -0.3 is 16.0 Å². The van der Waals surface area contributed by atoms with Crippen LogP contribution in [0.4, 0.5) is 11.5 Å². The largest absolute Gasteiger partial charge is 0.397 e. The second kappa shape index (κ2) is 4.87. The van der Waals surface area contributed by atoms with Crippen molar-refractivity contribution in [3.63, 3.8) is 0 Å². The quantitative estimate of drug-likeness (QED) is 0.648. The monoisotopic (exact) mass is 292 g/mol. The van der Waals surface area contributed by atoms with Gasteiger partial charge in [-0.2, -0.15) is 0 Å². The average molecular weight is 292 g/mol. The number of pyridine rings is 1. The summed E-state index contributed by atoms with van der Waals surface area (Å²) in [6.45, 7) is 0. The fourth-order valence-corrected chi connectivity index (χ4v) is 2.66. The Hall–Kier alpha value is -2.82. The first-order chi connectivity index (χ1) is 10.7. The number of hydrogen-bond acceptors (Lipinski definition) is 3. The smallest absolute Gasteiger partial charge is 0.228 e. The first-order valence-electron chi connectivity index (χ1n) is 7.35. The third-order valence-electron chi connectivity index (χ3n) is 4.02. The molecule has 0 aliphatic heterocycles. The molecule has 1 aliphatic carbocycles. The molecule has 1 amide bonds. The number of nitrogen functional groups attached to an aromatic ring is 1. The van der Waals surface area contributed by atoms with Crippen LogP contribution in [0.15, 0.2) is 42.7 Å². The van der Waals surface area contributed by atoms with Crippen molar-refractivity contribution in [2.24, 2.45) is 5.92 Å². The number of aromatic nitrogens is 2. The SMILES string of the molecule is Nc1cccc2c(-c3ccnc(NC(=O)C4CC4)c3)c[nH]c12. The van der Waals surface area contributed by atoms with Crippen LogP contribution in [0.2, 0.25) is 0 Å². The van der Waals surface area contributed by atoms with E-state index in [-0.39, 0.29) is 11.8 Å². The number of aromatic amines is 1. The Bertz CT molecular complexity index is 864. The molecule has 4 rings (SSSR count). The molecular weight excluding hydrogens is 276 g/mol. The van der Waals surface area contributed by atoms with Crippen molar-refractivity contribution in [3.05, 3.63) is 42.7 Å². The number of benzene rings is 1. The van der Waals surface area contributed by atoms with Crippen LogP contribution < -0.4 is 11.1 Å². The summed E-state index contributed by atoms with van der Waals surface area (Å²) >= 11 is 0. The highest BCUT2D eigenvalue weighted by Gasteiger charge is 2.29. The van der Waals surface area contributed by atoms with Crippen molar-refractivity contribution in [2.45, 2.75) is 12.8 Å². The number of amides is 1. The van der Waals surface area contributed by atoms with Crippen LogP contribution in [0.3, 0.4) is 0 Å². The summed E-state index contributed by atoms with van der Waals surface area (Å²) in [4.78, 5) is 19.3. The van der Waals surface area contributed by atoms with Crippen molar-refractivity contribution in [1.29, 1.82) is 0 Å². The second-order valence-corrected chi connectivity index (χ2v) is 5.67. The van der Waals surface area contributed by atoms with E-state index in [1.807, 2.05) is 36.5 Å². The van der Waals surface area contributed by atoms with E-state index in [9.17, 15) is 4.79 Å². The lowest BCUT2D eigenvalue weighted by Gasteiger charge is -2.06. The molecule has 0 radical (unpaired) electrons. The van der Waals surface area contributed by atoms with E-state index in [1.165, 1.54) is 0 Å². The van der Waals surface area contributed by atoms with Crippen LogP contribution >= 0.6 is 0 Å². The van der Waals surface area contributed by atoms with Gasteiger partial charge in [0, 0.05) is 29.3 Å². The molecule has 1 fully saturated rings. The number of nitrogens with two attached hydrogens (primary N) is 1. The maximum absolute atomic E-state index is 11.9. The summed E-state index contributed by atoms with van der Waals surface area (Å²) < 4.78 is 0. The highest BCUT2D eigenvalue weighted by Crippen LogP contribution is 2.33. The Morgan fingerprint density at radius 1 is 1.32 bits per heavy atom. The molecule has 2 aromatic heterocycles. The van der Waals surface area contributed by atoms with E-state index in [0.717, 1.165) is 40.6 Å². The zero-order valence-electron chi connectivity index (χ0n) is 12.0. The molecule has 2 heterocycles. The van der Waals surface area contributed by atoms with Crippen LogP contribution in [-0.2, 0) is 4.79 Å². The maximum atomic E-state index is 11.9. The van der Waals surface area contributed by atoms with Crippen LogP contribution in [-0.4, -0.2) is 15.9 Å². The number of nitrogens with one attached hydrogen (secondary N) is 2. The van der Waals surface area contributed by atoms with E-state index in [0.29, 0.717) is 5.82 Å². The third-order valence-corrected chi connectivity index (χ3v) is 4.02. The fourth-order valence-electron chi connectivity index (χ4n) is 2.66. The van der Waals surface area contributed by atoms with Crippen molar-refractivity contribution >= 4 is 28.3 Å². The number of hydrogen-bond donors (Lipinski definition) is 3. The molecule has 1 saturated carbocycles. The molecule has 1 aromatic carbocycles. The zero-order valence-corrected chi connectivity index (χ0v) is 12.0. The molecule has 0 saturated heterocycles. The van der Waals surface area contributed by atoms with Crippen LogP contribution in [0, 0.1) is 5.92 Å². The molecule has 110 valence electrons. The Morgan fingerprint density at radius 2 is 2.18 bits per heavy atom. The predicted octanol–water partition coefficient (Wildman–Crippen LogP) is 3.16. The lowest BCUT2D eigenvalue weighted by atomic mass is 10.1. The van der Waals surface area contributed by atoms with Crippen LogP contribution in [0.1, 0.15) is 12.8 Å². The Morgan fingerprint density at radius 3 is 3.00 bits per heavy atom. The Labute approximate surface area is 127 Å². The van der Waals surface area contributed by atoms with E-state index >= 15 is 0 Å². The summed E-state index contributed by atoms with van der Waals surface area (Å²) in [5.41, 5.74) is 9.68. The first kappa shape index (κ1) is 12.9. The number of nitrogens with zero attached hydrogens (tertiary/aromatic N) is 1. The standard InChI is InChI=1S/C17H16N4O/c18-14-3-1-2-12-13(9-20-16(12)14)11-6-7-19-15(8-11)21-17(22)10-4-5-10/h1-3,6-10,20H,4-5,18H2,(H,19,21,22). The van der Waals surface area contributed by atoms with Gasteiger partial charge in [-0.15, -0.1) is 0 Å². The number of rotatable bonds is 3. The number of carbonyl (C=O) groups excluding carboxylic acids is 1. The van der Waals surface area contributed by atoms with Crippen LogP contribution in [0.25, 0.3) is 22.0 Å². The molecule has 4 N–H and O–H groups in total. The van der Waals surface area contributed by atoms with Gasteiger partial charge in [-0.1, -0.05) is 12.1 Å². The number of fused-ring (bicyclic) bond motifs is 1. The Kier molecular flexibility index (Phi) is 2.85. The summed E-state index contributed by atoms with van der Waals surface area (Å²) in [7, 11) is 0. The van der Waals surface area contributed by atoms with E-state index in [1.54, 1.807) is 6.20 Å². The molecule has 5 nitrogen and oxygen atoms in total. The summed E-state index contributed by atoms with van der Waals surface area (Å²) in [6, 6.07) is 9.66. The predicted molar refractivity (Wildman–Crippen MR) is 87.3 cm³/mol. The maximum Gasteiger partial charge on any atom is 0.228 e. The Balaban J connectivity index is 1.72. The minimum atomic E-state index is 0.0628. The van der Waals surface area contributed by atoms with Gasteiger partial charge in [0.1, 0.15) is 5.82 Å². The van der Waals surface area contributed by atoms with Gasteiger partial charge in [-0.05, 0) is 36.6 Å². The van der Waals surface area contributed by atoms with E-state index in [4.69, 9.17) is 5.73 Å². The van der Waals surface area contributed by atoms with Gasteiger partial charge in [0.15, 0.2) is 0 Å². The van der Waals surface area contributed by atoms with Gasteiger partial charge in [0.2, 0.25) is 5.91 Å². The topological polar surface area (TPSA) is 83.8 Å². The van der Waals surface area contributed by atoms with E-state index < -0.39 is 0 Å². The second-order valence-electron chi connectivity index (χ2n) is 5.67. The van der Waals surface area contributed by atoms with Gasteiger partial charge in [0.25, 0.3) is 0 Å². The normalized spacial score (nSPS) is 14.2. The van der Waals surface area contributed by atoms with Gasteiger partial charge >= 0.3 is 0 Å². The lowest BCUT2D eigenvalue weighted by molar-refractivity contribution is -0.117. The van der Waals surface area contributed by atoms with Crippen molar-refractivity contribution in [1.82, 2.24) is 9.97 Å². The number of carbonyl (C=O) groups is 1. The first-order valence-corrected chi connectivity index (χ1v) is 7.35. The van der Waals surface area contributed by atoms with Gasteiger partial charge in [-0.25, -0.2) is 4.98 Å². The minimum Gasteiger partial charge on any atom is -0.397 e. The number of H-pyrrole nitrogens is 1. The summed E-state index contributed by atoms with van der Waals surface area (Å²) in [5.74, 6) is 0.818. The van der Waals surface area contributed by atoms with Crippen molar-refractivity contribution in [3.8, 4) is 11.1 Å². The van der Waals surface area contributed by atoms with Gasteiger partial charge in [0.05, 0.1) is 11.2 Å². The molecule has 22 heavy (non-hydrogen) atoms. The molecule has 0 unspecified atom stereocenters. The highest BCUT2D eigenvalue weighted by atomic mass is 16.2. The lowest BCUT2D eigenvalue weighted by Crippen LogP contribution is -2.14. The third kappa shape index (κ3) is 2.20. The molecule has 0 spiro atoms. The average Bonchev–Trinajstić information content (AvgIpc) is 3.28. The molecule has 0 bridgehead atoms. The molecule has 1 aliphatic rings. The molecular formula is C17H16N4O. The van der Waals surface area contributed by atoms with Crippen molar-refractivity contribution < 1.29 is 4.79 Å². The fraction of sp³-hybridized carbons (Fsp3) is 0.176. The number of para-hydroxylation sites is 1. The number of anilines is 2. The molecule has 0 atom stereocenters. The van der Waals surface area contributed by atoms with Gasteiger partial charge in [-0.3, -0.25) is 4.79 Å². The van der Waals surface area contributed by atoms with Crippen molar-refractivity contribution in [2.75, 3.05) is 11.1 Å². The minimum absolute atomic E-state index is 0.0628. The highest BCUT2D eigenvalue weighted by molar-refractivity contribution is 6.01. The zero-order chi connectivity index (χ0) is 15.1. The summed E-state index contributed by atoms with van der Waals surface area (Å²) in [5, 5.41) is 3.94. The van der Waals surface area contributed by atoms with Crippen LogP contribution in [0.5, 0.6) is 0 Å².